The molecule has 140 valence electrons. The number of unbranched alkanes of at least 4 members (excludes halogenated alkanes) is 4. The molecule has 7 nitrogen and oxygen atoms in total. The Bertz CT molecular complexity index is 548. The van der Waals surface area contributed by atoms with E-state index in [9.17, 15) is 24.9 Å². The Morgan fingerprint density at radius 1 is 0.840 bits per heavy atom. The van der Waals surface area contributed by atoms with Gasteiger partial charge in [0.25, 0.3) is 5.91 Å². The first-order valence-corrected chi connectivity index (χ1v) is 8.50. The van der Waals surface area contributed by atoms with Crippen molar-refractivity contribution in [3.8, 4) is 0 Å². The number of hydrogen-bond donors (Lipinski definition) is 5. The maximum absolute atomic E-state index is 12.2. The zero-order valence-electron chi connectivity index (χ0n) is 14.3. The van der Waals surface area contributed by atoms with Crippen LogP contribution >= 0.6 is 0 Å². The first kappa shape index (κ1) is 21.1. The normalized spacial score (nSPS) is 10.7. The fourth-order valence-electron chi connectivity index (χ4n) is 2.65. The molecule has 1 amide bonds. The summed E-state index contributed by atoms with van der Waals surface area (Å²) < 4.78 is 0. The molecular formula is C18H27NO6. The van der Waals surface area contributed by atoms with Crippen molar-refractivity contribution in [2.75, 3.05) is 6.54 Å². The SMILES string of the molecule is O=C(O)CCCCCCCNC(=O)c1cc(CO)c(CO)c(CO)c1. The van der Waals surface area contributed by atoms with Crippen molar-refractivity contribution in [3.63, 3.8) is 0 Å². The van der Waals surface area contributed by atoms with E-state index in [0.29, 0.717) is 35.2 Å². The fraction of sp³-hybridized carbons (Fsp3) is 0.556. The molecule has 0 saturated heterocycles. The Morgan fingerprint density at radius 3 is 1.92 bits per heavy atom. The quantitative estimate of drug-likeness (QED) is 0.361. The minimum absolute atomic E-state index is 0.195. The van der Waals surface area contributed by atoms with Gasteiger partial charge in [-0.05, 0) is 41.7 Å². The third-order valence-electron chi connectivity index (χ3n) is 4.05. The second-order valence-corrected chi connectivity index (χ2v) is 5.91. The van der Waals surface area contributed by atoms with Crippen LogP contribution in [0.5, 0.6) is 0 Å². The number of amides is 1. The third kappa shape index (κ3) is 7.21. The lowest BCUT2D eigenvalue weighted by Crippen LogP contribution is -2.25. The minimum atomic E-state index is -0.774. The van der Waals surface area contributed by atoms with Crippen molar-refractivity contribution >= 4 is 11.9 Å². The van der Waals surface area contributed by atoms with Gasteiger partial charge in [-0.3, -0.25) is 9.59 Å². The second kappa shape index (κ2) is 11.6. The van der Waals surface area contributed by atoms with Crippen LogP contribution in [0.15, 0.2) is 12.1 Å². The average Bonchev–Trinajstić information content (AvgIpc) is 2.61. The summed E-state index contributed by atoms with van der Waals surface area (Å²) in [5, 5.41) is 39.4. The smallest absolute Gasteiger partial charge is 0.303 e. The minimum Gasteiger partial charge on any atom is -0.481 e. The van der Waals surface area contributed by atoms with Gasteiger partial charge in [-0.25, -0.2) is 0 Å². The molecule has 1 aromatic rings. The van der Waals surface area contributed by atoms with Crippen LogP contribution in [0.4, 0.5) is 0 Å². The summed E-state index contributed by atoms with van der Waals surface area (Å²) >= 11 is 0. The van der Waals surface area contributed by atoms with Gasteiger partial charge in [0.05, 0.1) is 19.8 Å². The Labute approximate surface area is 147 Å². The van der Waals surface area contributed by atoms with Crippen LogP contribution in [0.3, 0.4) is 0 Å². The maximum Gasteiger partial charge on any atom is 0.303 e. The Balaban J connectivity index is 2.43. The molecule has 25 heavy (non-hydrogen) atoms. The van der Waals surface area contributed by atoms with Crippen LogP contribution in [0, 0.1) is 0 Å². The Morgan fingerprint density at radius 2 is 1.40 bits per heavy atom. The standard InChI is InChI=1S/C18H27NO6/c20-10-14-8-13(9-15(11-21)16(14)12-22)18(25)19-7-5-3-1-2-4-6-17(23)24/h8-9,20-22H,1-7,10-12H2,(H,19,25)(H,23,24). The van der Waals surface area contributed by atoms with Gasteiger partial charge in [0.2, 0.25) is 0 Å². The Kier molecular flexibility index (Phi) is 9.76. The van der Waals surface area contributed by atoms with E-state index in [0.717, 1.165) is 25.7 Å². The predicted molar refractivity (Wildman–Crippen MR) is 91.9 cm³/mol. The summed E-state index contributed by atoms with van der Waals surface area (Å²) in [5.74, 6) is -1.07. The van der Waals surface area contributed by atoms with Crippen LogP contribution in [-0.4, -0.2) is 38.8 Å². The lowest BCUT2D eigenvalue weighted by molar-refractivity contribution is -0.137. The van der Waals surface area contributed by atoms with Gasteiger partial charge >= 0.3 is 5.97 Å². The number of benzene rings is 1. The molecule has 7 heteroatoms. The van der Waals surface area contributed by atoms with Crippen LogP contribution in [0.2, 0.25) is 0 Å². The molecular weight excluding hydrogens is 326 g/mol. The number of nitrogens with one attached hydrogen (secondary N) is 1. The van der Waals surface area contributed by atoms with Gasteiger partial charge in [-0.15, -0.1) is 0 Å². The molecule has 0 aromatic heterocycles. The van der Waals surface area contributed by atoms with Gasteiger partial charge in [0.15, 0.2) is 0 Å². The molecule has 1 aromatic carbocycles. The van der Waals surface area contributed by atoms with Gasteiger partial charge in [0, 0.05) is 18.5 Å². The maximum atomic E-state index is 12.2. The highest BCUT2D eigenvalue weighted by Crippen LogP contribution is 2.19. The fourth-order valence-corrected chi connectivity index (χ4v) is 2.65. The monoisotopic (exact) mass is 353 g/mol. The van der Waals surface area contributed by atoms with Gasteiger partial charge in [0.1, 0.15) is 0 Å². The highest BCUT2D eigenvalue weighted by molar-refractivity contribution is 5.94. The van der Waals surface area contributed by atoms with Crippen molar-refractivity contribution in [2.24, 2.45) is 0 Å². The molecule has 0 fully saturated rings. The van der Waals surface area contributed by atoms with Gasteiger partial charge in [-0.1, -0.05) is 19.3 Å². The van der Waals surface area contributed by atoms with E-state index in [1.165, 1.54) is 12.1 Å². The molecule has 0 aliphatic rings. The van der Waals surface area contributed by atoms with E-state index < -0.39 is 5.97 Å². The molecule has 0 unspecified atom stereocenters. The summed E-state index contributed by atoms with van der Waals surface area (Å²) in [6, 6.07) is 3.04. The second-order valence-electron chi connectivity index (χ2n) is 5.91. The number of aliphatic carboxylic acids is 1. The van der Waals surface area contributed by atoms with E-state index in [4.69, 9.17) is 5.11 Å². The molecule has 0 atom stereocenters. The number of aliphatic hydroxyl groups excluding tert-OH is 3. The topological polar surface area (TPSA) is 127 Å². The number of carboxylic acids is 1. The van der Waals surface area contributed by atoms with Crippen LogP contribution in [0.25, 0.3) is 0 Å². The summed E-state index contributed by atoms with van der Waals surface area (Å²) in [7, 11) is 0. The molecule has 0 aliphatic heterocycles. The van der Waals surface area contributed by atoms with E-state index >= 15 is 0 Å². The molecule has 0 aliphatic carbocycles. The number of hydrogen-bond acceptors (Lipinski definition) is 5. The van der Waals surface area contributed by atoms with E-state index in [2.05, 4.69) is 5.32 Å². The number of carbonyl (C=O) groups excluding carboxylic acids is 1. The Hall–Kier alpha value is -1.96. The van der Waals surface area contributed by atoms with Crippen molar-refractivity contribution in [1.82, 2.24) is 5.32 Å². The van der Waals surface area contributed by atoms with Crippen LogP contribution in [-0.2, 0) is 24.6 Å². The lowest BCUT2D eigenvalue weighted by Gasteiger charge is -2.13. The van der Waals surface area contributed by atoms with Crippen molar-refractivity contribution in [3.05, 3.63) is 34.4 Å². The summed E-state index contributed by atoms with van der Waals surface area (Å²) in [4.78, 5) is 22.6. The van der Waals surface area contributed by atoms with Crippen molar-refractivity contribution in [2.45, 2.75) is 58.3 Å². The van der Waals surface area contributed by atoms with Gasteiger partial charge < -0.3 is 25.7 Å². The number of rotatable bonds is 12. The zero-order valence-corrected chi connectivity index (χ0v) is 14.3. The van der Waals surface area contributed by atoms with Crippen molar-refractivity contribution in [1.29, 1.82) is 0 Å². The first-order chi connectivity index (χ1) is 12.0. The van der Waals surface area contributed by atoms with Crippen LogP contribution < -0.4 is 5.32 Å². The third-order valence-corrected chi connectivity index (χ3v) is 4.05. The summed E-state index contributed by atoms with van der Waals surface area (Å²) in [6.45, 7) is -0.446. The first-order valence-electron chi connectivity index (χ1n) is 8.50. The number of carboxylic acid groups (broad SMARTS) is 1. The van der Waals surface area contributed by atoms with Gasteiger partial charge in [-0.2, -0.15) is 0 Å². The van der Waals surface area contributed by atoms with E-state index in [-0.39, 0.29) is 32.1 Å². The number of aliphatic hydroxyl groups is 3. The largest absolute Gasteiger partial charge is 0.481 e. The van der Waals surface area contributed by atoms with Crippen molar-refractivity contribution < 1.29 is 30.0 Å². The molecule has 5 N–H and O–H groups in total. The zero-order chi connectivity index (χ0) is 18.7. The molecule has 0 radical (unpaired) electrons. The van der Waals surface area contributed by atoms with E-state index in [1.54, 1.807) is 0 Å². The van der Waals surface area contributed by atoms with E-state index in [1.807, 2.05) is 0 Å². The molecule has 0 spiro atoms. The summed E-state index contributed by atoms with van der Waals surface area (Å²) in [5.41, 5.74) is 1.64. The lowest BCUT2D eigenvalue weighted by atomic mass is 9.98. The molecule has 1 rings (SSSR count). The number of carbonyl (C=O) groups is 2. The molecule has 0 bridgehead atoms. The van der Waals surface area contributed by atoms with Crippen LogP contribution in [0.1, 0.15) is 65.6 Å². The average molecular weight is 353 g/mol. The summed E-state index contributed by atoms with van der Waals surface area (Å²) in [6.07, 6.45) is 4.37. The predicted octanol–water partition coefficient (Wildman–Crippen LogP) is 1.32. The highest BCUT2D eigenvalue weighted by atomic mass is 16.4. The molecule has 0 saturated carbocycles. The highest BCUT2D eigenvalue weighted by Gasteiger charge is 2.13. The molecule has 0 heterocycles.